The van der Waals surface area contributed by atoms with Gasteiger partial charge in [0.2, 0.25) is 0 Å². The van der Waals surface area contributed by atoms with Crippen molar-refractivity contribution >= 4 is 0 Å². The van der Waals surface area contributed by atoms with E-state index in [1.165, 1.54) is 0 Å². The van der Waals surface area contributed by atoms with Gasteiger partial charge in [-0.15, -0.1) is 6.58 Å². The Labute approximate surface area is 87.5 Å². The van der Waals surface area contributed by atoms with E-state index in [0.29, 0.717) is 13.2 Å². The summed E-state index contributed by atoms with van der Waals surface area (Å²) in [6.45, 7) is 9.02. The van der Waals surface area contributed by atoms with Gasteiger partial charge in [0.05, 0.1) is 6.04 Å². The molecule has 0 saturated carbocycles. The Morgan fingerprint density at radius 3 is 2.21 bits per heavy atom. The van der Waals surface area contributed by atoms with Crippen molar-refractivity contribution in [2.45, 2.75) is 39.0 Å². The largest absolute Gasteiger partial charge is 0.351 e. The fourth-order valence-corrected chi connectivity index (χ4v) is 1.32. The van der Waals surface area contributed by atoms with Gasteiger partial charge in [0, 0.05) is 13.2 Å². The molecule has 0 rings (SSSR count). The Morgan fingerprint density at radius 2 is 1.86 bits per heavy atom. The minimum absolute atomic E-state index is 0.144. The third-order valence-electron chi connectivity index (χ3n) is 2.04. The van der Waals surface area contributed by atoms with Crippen LogP contribution in [-0.2, 0) is 9.47 Å². The molecule has 0 aliphatic carbocycles. The summed E-state index contributed by atoms with van der Waals surface area (Å²) in [5, 5.41) is 3.21. The molecule has 1 atom stereocenters. The van der Waals surface area contributed by atoms with Crippen molar-refractivity contribution in [1.82, 2.24) is 5.32 Å². The van der Waals surface area contributed by atoms with Gasteiger partial charge >= 0.3 is 0 Å². The highest BCUT2D eigenvalue weighted by Crippen LogP contribution is 2.08. The zero-order chi connectivity index (χ0) is 10.8. The number of hydrogen-bond acceptors (Lipinski definition) is 3. The van der Waals surface area contributed by atoms with Crippen LogP contribution in [0.1, 0.15) is 26.7 Å². The number of likely N-dealkylation sites (N-methyl/N-ethyl adjacent to an activating group) is 1. The van der Waals surface area contributed by atoms with Crippen LogP contribution in [0, 0.1) is 0 Å². The van der Waals surface area contributed by atoms with E-state index in [1.807, 2.05) is 27.0 Å². The summed E-state index contributed by atoms with van der Waals surface area (Å²) in [6.07, 6.45) is 3.74. The highest BCUT2D eigenvalue weighted by molar-refractivity contribution is 4.75. The van der Waals surface area contributed by atoms with Crippen LogP contribution < -0.4 is 5.32 Å². The van der Waals surface area contributed by atoms with Crippen molar-refractivity contribution in [2.75, 3.05) is 20.3 Å². The van der Waals surface area contributed by atoms with Crippen LogP contribution in [0.15, 0.2) is 12.7 Å². The zero-order valence-corrected chi connectivity index (χ0v) is 9.58. The molecule has 0 aromatic heterocycles. The van der Waals surface area contributed by atoms with Gasteiger partial charge in [-0.2, -0.15) is 0 Å². The quantitative estimate of drug-likeness (QED) is 0.457. The SMILES string of the molecule is C=CCCC(NC)C(OCC)OCC. The lowest BCUT2D eigenvalue weighted by atomic mass is 10.1. The number of allylic oxidation sites excluding steroid dienone is 1. The van der Waals surface area contributed by atoms with Crippen LogP contribution in [0.3, 0.4) is 0 Å². The van der Waals surface area contributed by atoms with E-state index in [2.05, 4.69) is 11.9 Å². The maximum atomic E-state index is 5.51. The number of hydrogen-bond donors (Lipinski definition) is 1. The van der Waals surface area contributed by atoms with Crippen molar-refractivity contribution < 1.29 is 9.47 Å². The molecule has 0 bridgehead atoms. The first-order valence-electron chi connectivity index (χ1n) is 5.31. The molecule has 0 aromatic carbocycles. The Hall–Kier alpha value is -0.380. The van der Waals surface area contributed by atoms with Crippen LogP contribution >= 0.6 is 0 Å². The molecule has 0 heterocycles. The molecule has 0 radical (unpaired) electrons. The van der Waals surface area contributed by atoms with E-state index >= 15 is 0 Å². The number of nitrogens with one attached hydrogen (secondary N) is 1. The Morgan fingerprint density at radius 1 is 1.29 bits per heavy atom. The molecular weight excluding hydrogens is 178 g/mol. The average molecular weight is 201 g/mol. The Bertz CT molecular complexity index is 133. The molecule has 3 nitrogen and oxygen atoms in total. The molecule has 14 heavy (non-hydrogen) atoms. The number of ether oxygens (including phenoxy) is 2. The fraction of sp³-hybridized carbons (Fsp3) is 0.818. The van der Waals surface area contributed by atoms with Crippen molar-refractivity contribution in [1.29, 1.82) is 0 Å². The summed E-state index contributed by atoms with van der Waals surface area (Å²) in [6, 6.07) is 0.243. The summed E-state index contributed by atoms with van der Waals surface area (Å²) >= 11 is 0. The van der Waals surface area contributed by atoms with Crippen molar-refractivity contribution in [3.05, 3.63) is 12.7 Å². The molecule has 1 N–H and O–H groups in total. The summed E-state index contributed by atoms with van der Waals surface area (Å²) in [5.74, 6) is 0. The van der Waals surface area contributed by atoms with Crippen molar-refractivity contribution in [2.24, 2.45) is 0 Å². The van der Waals surface area contributed by atoms with E-state index < -0.39 is 0 Å². The van der Waals surface area contributed by atoms with Gasteiger partial charge in [-0.05, 0) is 33.7 Å². The average Bonchev–Trinajstić information content (AvgIpc) is 2.19. The molecule has 0 fully saturated rings. The zero-order valence-electron chi connectivity index (χ0n) is 9.58. The molecule has 0 amide bonds. The Kier molecular flexibility index (Phi) is 8.94. The van der Waals surface area contributed by atoms with E-state index in [0.717, 1.165) is 12.8 Å². The second-order valence-corrected chi connectivity index (χ2v) is 3.04. The van der Waals surface area contributed by atoms with Crippen LogP contribution in [-0.4, -0.2) is 32.6 Å². The van der Waals surface area contributed by atoms with Crippen LogP contribution in [0.25, 0.3) is 0 Å². The van der Waals surface area contributed by atoms with Crippen LogP contribution in [0.4, 0.5) is 0 Å². The first-order valence-corrected chi connectivity index (χ1v) is 5.31. The predicted molar refractivity (Wildman–Crippen MR) is 59.3 cm³/mol. The minimum Gasteiger partial charge on any atom is -0.351 e. The molecule has 0 aliphatic heterocycles. The first kappa shape index (κ1) is 13.6. The molecule has 0 aliphatic rings. The lowest BCUT2D eigenvalue weighted by molar-refractivity contribution is -0.153. The van der Waals surface area contributed by atoms with Crippen molar-refractivity contribution in [3.8, 4) is 0 Å². The summed E-state index contributed by atoms with van der Waals surface area (Å²) in [5.41, 5.74) is 0. The third-order valence-corrected chi connectivity index (χ3v) is 2.04. The van der Waals surface area contributed by atoms with Gasteiger partial charge in [-0.3, -0.25) is 0 Å². The summed E-state index contributed by atoms with van der Waals surface area (Å²) < 4.78 is 11.0. The molecule has 1 unspecified atom stereocenters. The van der Waals surface area contributed by atoms with E-state index in [-0.39, 0.29) is 12.3 Å². The molecule has 84 valence electrons. The fourth-order valence-electron chi connectivity index (χ4n) is 1.32. The van der Waals surface area contributed by atoms with E-state index in [1.54, 1.807) is 0 Å². The van der Waals surface area contributed by atoms with Gasteiger partial charge in [0.15, 0.2) is 6.29 Å². The molecule has 3 heteroatoms. The van der Waals surface area contributed by atoms with Gasteiger partial charge in [0.1, 0.15) is 0 Å². The smallest absolute Gasteiger partial charge is 0.172 e. The lowest BCUT2D eigenvalue weighted by Crippen LogP contribution is -2.41. The first-order chi connectivity index (χ1) is 6.79. The second kappa shape index (κ2) is 9.19. The van der Waals surface area contributed by atoms with E-state index in [4.69, 9.17) is 9.47 Å². The van der Waals surface area contributed by atoms with Gasteiger partial charge < -0.3 is 14.8 Å². The summed E-state index contributed by atoms with van der Waals surface area (Å²) in [4.78, 5) is 0. The van der Waals surface area contributed by atoms with Crippen LogP contribution in [0.5, 0.6) is 0 Å². The molecule has 0 spiro atoms. The molecule has 0 saturated heterocycles. The Balaban J connectivity index is 4.02. The van der Waals surface area contributed by atoms with Crippen LogP contribution in [0.2, 0.25) is 0 Å². The van der Waals surface area contributed by atoms with E-state index in [9.17, 15) is 0 Å². The minimum atomic E-state index is -0.144. The molecular formula is C11H23NO2. The number of rotatable bonds is 9. The maximum Gasteiger partial charge on any atom is 0.172 e. The standard InChI is InChI=1S/C11H23NO2/c1-5-8-9-10(12-4)11(13-6-2)14-7-3/h5,10-12H,1,6-9H2,2-4H3. The van der Waals surface area contributed by atoms with Gasteiger partial charge in [0.25, 0.3) is 0 Å². The second-order valence-electron chi connectivity index (χ2n) is 3.04. The van der Waals surface area contributed by atoms with Crippen molar-refractivity contribution in [3.63, 3.8) is 0 Å². The summed E-state index contributed by atoms with van der Waals surface area (Å²) in [7, 11) is 1.93. The predicted octanol–water partition coefficient (Wildman–Crippen LogP) is 1.94. The monoisotopic (exact) mass is 201 g/mol. The topological polar surface area (TPSA) is 30.5 Å². The normalized spacial score (nSPS) is 13.1. The van der Waals surface area contributed by atoms with Gasteiger partial charge in [-0.1, -0.05) is 6.08 Å². The maximum absolute atomic E-state index is 5.51. The highest BCUT2D eigenvalue weighted by Gasteiger charge is 2.19. The highest BCUT2D eigenvalue weighted by atomic mass is 16.7. The van der Waals surface area contributed by atoms with Gasteiger partial charge in [-0.25, -0.2) is 0 Å². The lowest BCUT2D eigenvalue weighted by Gasteiger charge is -2.26. The third kappa shape index (κ3) is 5.37. The molecule has 0 aromatic rings.